The normalized spacial score (nSPS) is 11.8. The third-order valence-electron chi connectivity index (χ3n) is 3.91. The van der Waals surface area contributed by atoms with E-state index < -0.39 is 6.04 Å². The highest BCUT2D eigenvalue weighted by atomic mass is 16.3. The lowest BCUT2D eigenvalue weighted by Gasteiger charge is -2.14. The molecule has 2 amide bonds. The van der Waals surface area contributed by atoms with Gasteiger partial charge >= 0.3 is 0 Å². The zero-order chi connectivity index (χ0) is 17.5. The van der Waals surface area contributed by atoms with Gasteiger partial charge < -0.3 is 15.1 Å². The molecule has 2 N–H and O–H groups in total. The van der Waals surface area contributed by atoms with Crippen LogP contribution in [0, 0.1) is 13.8 Å². The average molecular weight is 328 g/mol. The van der Waals surface area contributed by atoms with Gasteiger partial charge in [-0.1, -0.05) is 23.8 Å². The predicted molar refractivity (Wildman–Crippen MR) is 92.4 cm³/mol. The molecule has 128 valence electrons. The van der Waals surface area contributed by atoms with Gasteiger partial charge in [-0.2, -0.15) is 0 Å². The summed E-state index contributed by atoms with van der Waals surface area (Å²) < 4.78 is 5.15. The van der Waals surface area contributed by atoms with Crippen molar-refractivity contribution >= 4 is 11.8 Å². The van der Waals surface area contributed by atoms with Crippen molar-refractivity contribution in [2.75, 3.05) is 0 Å². The number of carbonyl (C=O) groups excluding carboxylic acids is 2. The van der Waals surface area contributed by atoms with Crippen molar-refractivity contribution in [2.24, 2.45) is 0 Å². The van der Waals surface area contributed by atoms with E-state index in [2.05, 4.69) is 22.8 Å². The molecule has 1 unspecified atom stereocenters. The molecule has 2 aromatic rings. The first kappa shape index (κ1) is 17.8. The van der Waals surface area contributed by atoms with E-state index in [0.717, 1.165) is 5.56 Å². The van der Waals surface area contributed by atoms with Gasteiger partial charge in [0, 0.05) is 6.42 Å². The van der Waals surface area contributed by atoms with Crippen molar-refractivity contribution in [1.82, 2.24) is 10.6 Å². The van der Waals surface area contributed by atoms with Crippen LogP contribution >= 0.6 is 0 Å². The zero-order valence-corrected chi connectivity index (χ0v) is 14.4. The van der Waals surface area contributed by atoms with Crippen LogP contribution in [0.1, 0.15) is 35.8 Å². The number of carbonyl (C=O) groups is 2. The summed E-state index contributed by atoms with van der Waals surface area (Å²) in [7, 11) is 0. The lowest BCUT2D eigenvalue weighted by Crippen LogP contribution is -2.44. The Kier molecular flexibility index (Phi) is 6.18. The zero-order valence-electron chi connectivity index (χ0n) is 14.4. The molecule has 0 spiro atoms. The number of benzene rings is 1. The fourth-order valence-corrected chi connectivity index (χ4v) is 2.49. The number of rotatable bonds is 7. The van der Waals surface area contributed by atoms with Gasteiger partial charge in [0.15, 0.2) is 0 Å². The van der Waals surface area contributed by atoms with Crippen molar-refractivity contribution in [2.45, 2.75) is 46.2 Å². The van der Waals surface area contributed by atoms with Crippen molar-refractivity contribution in [3.05, 3.63) is 59.0 Å². The number of nitrogens with one attached hydrogen (secondary N) is 2. The maximum atomic E-state index is 12.0. The Morgan fingerprint density at radius 3 is 2.67 bits per heavy atom. The largest absolute Gasteiger partial charge is 0.467 e. The van der Waals surface area contributed by atoms with Crippen LogP contribution in [0.4, 0.5) is 0 Å². The van der Waals surface area contributed by atoms with E-state index in [0.29, 0.717) is 25.1 Å². The fourth-order valence-electron chi connectivity index (χ4n) is 2.49. The Hall–Kier alpha value is -2.56. The minimum absolute atomic E-state index is 0.129. The number of aryl methyl sites for hydroxylation is 3. The summed E-state index contributed by atoms with van der Waals surface area (Å²) in [6.07, 6.45) is 2.58. The van der Waals surface area contributed by atoms with E-state index >= 15 is 0 Å². The first-order valence-electron chi connectivity index (χ1n) is 8.11. The molecule has 0 fully saturated rings. The van der Waals surface area contributed by atoms with E-state index in [-0.39, 0.29) is 11.8 Å². The maximum Gasteiger partial charge on any atom is 0.242 e. The van der Waals surface area contributed by atoms with Gasteiger partial charge in [-0.25, -0.2) is 0 Å². The molecule has 0 aliphatic carbocycles. The van der Waals surface area contributed by atoms with Crippen molar-refractivity contribution < 1.29 is 14.0 Å². The first-order chi connectivity index (χ1) is 11.5. The SMILES string of the molecule is Cc1ccc(CCC(=O)NC(C)C(=O)NCc2ccco2)c(C)c1. The molecule has 5 nitrogen and oxygen atoms in total. The maximum absolute atomic E-state index is 12.0. The van der Waals surface area contributed by atoms with Gasteiger partial charge in [0.05, 0.1) is 12.8 Å². The van der Waals surface area contributed by atoms with Crippen LogP contribution in [-0.2, 0) is 22.6 Å². The number of furan rings is 1. The molecule has 0 saturated heterocycles. The van der Waals surface area contributed by atoms with Crippen LogP contribution in [0.2, 0.25) is 0 Å². The molecule has 1 atom stereocenters. The lowest BCUT2D eigenvalue weighted by atomic mass is 10.0. The molecule has 0 bridgehead atoms. The fraction of sp³-hybridized carbons (Fsp3) is 0.368. The van der Waals surface area contributed by atoms with Gasteiger partial charge in [0.1, 0.15) is 11.8 Å². The average Bonchev–Trinajstić information content (AvgIpc) is 3.05. The lowest BCUT2D eigenvalue weighted by molar-refractivity contribution is -0.128. The Morgan fingerprint density at radius 2 is 2.00 bits per heavy atom. The molecule has 5 heteroatoms. The molecular weight excluding hydrogens is 304 g/mol. The van der Waals surface area contributed by atoms with E-state index in [4.69, 9.17) is 4.42 Å². The molecule has 24 heavy (non-hydrogen) atoms. The Bertz CT molecular complexity index is 693. The Morgan fingerprint density at radius 1 is 1.21 bits per heavy atom. The van der Waals surface area contributed by atoms with Crippen LogP contribution < -0.4 is 10.6 Å². The van der Waals surface area contributed by atoms with Crippen molar-refractivity contribution in [3.63, 3.8) is 0 Å². The Labute approximate surface area is 142 Å². The highest BCUT2D eigenvalue weighted by Gasteiger charge is 2.15. The molecule has 1 heterocycles. The second-order valence-electron chi connectivity index (χ2n) is 6.02. The van der Waals surface area contributed by atoms with Gasteiger partial charge in [-0.15, -0.1) is 0 Å². The van der Waals surface area contributed by atoms with Crippen LogP contribution in [0.25, 0.3) is 0 Å². The second-order valence-corrected chi connectivity index (χ2v) is 6.02. The van der Waals surface area contributed by atoms with Crippen LogP contribution in [0.5, 0.6) is 0 Å². The number of amides is 2. The molecule has 0 aliphatic rings. The van der Waals surface area contributed by atoms with Crippen LogP contribution in [0.15, 0.2) is 41.0 Å². The third kappa shape index (κ3) is 5.26. The number of hydrogen-bond donors (Lipinski definition) is 2. The molecule has 1 aromatic heterocycles. The number of hydrogen-bond acceptors (Lipinski definition) is 3. The molecule has 0 aliphatic heterocycles. The summed E-state index contributed by atoms with van der Waals surface area (Å²) in [6, 6.07) is 9.18. The standard InChI is InChI=1S/C19H24N2O3/c1-13-6-7-16(14(2)11-13)8-9-18(22)21-15(3)19(23)20-12-17-5-4-10-24-17/h4-7,10-11,15H,8-9,12H2,1-3H3,(H,20,23)(H,21,22). The van der Waals surface area contributed by atoms with Gasteiger partial charge in [-0.05, 0) is 50.5 Å². The monoisotopic (exact) mass is 328 g/mol. The van der Waals surface area contributed by atoms with E-state index in [1.54, 1.807) is 25.3 Å². The second kappa shape index (κ2) is 8.34. The topological polar surface area (TPSA) is 71.3 Å². The van der Waals surface area contributed by atoms with Crippen molar-refractivity contribution in [3.8, 4) is 0 Å². The molecule has 0 radical (unpaired) electrons. The summed E-state index contributed by atoms with van der Waals surface area (Å²) >= 11 is 0. The Balaban J connectivity index is 1.75. The summed E-state index contributed by atoms with van der Waals surface area (Å²) in [6.45, 7) is 6.08. The van der Waals surface area contributed by atoms with E-state index in [9.17, 15) is 9.59 Å². The van der Waals surface area contributed by atoms with Gasteiger partial charge in [0.25, 0.3) is 0 Å². The molecular formula is C19H24N2O3. The van der Waals surface area contributed by atoms with E-state index in [1.165, 1.54) is 11.1 Å². The summed E-state index contributed by atoms with van der Waals surface area (Å²) in [5, 5.41) is 5.46. The van der Waals surface area contributed by atoms with Gasteiger partial charge in [-0.3, -0.25) is 9.59 Å². The van der Waals surface area contributed by atoms with Crippen LogP contribution in [0.3, 0.4) is 0 Å². The quantitative estimate of drug-likeness (QED) is 0.821. The summed E-state index contributed by atoms with van der Waals surface area (Å²) in [5.41, 5.74) is 3.56. The summed E-state index contributed by atoms with van der Waals surface area (Å²) in [5.74, 6) is 0.318. The smallest absolute Gasteiger partial charge is 0.242 e. The molecule has 2 rings (SSSR count). The predicted octanol–water partition coefficient (Wildman–Crippen LogP) is 2.65. The summed E-state index contributed by atoms with van der Waals surface area (Å²) in [4.78, 5) is 24.0. The van der Waals surface area contributed by atoms with Gasteiger partial charge in [0.2, 0.25) is 11.8 Å². The van der Waals surface area contributed by atoms with Crippen LogP contribution in [-0.4, -0.2) is 17.9 Å². The minimum atomic E-state index is -0.577. The third-order valence-corrected chi connectivity index (χ3v) is 3.91. The highest BCUT2D eigenvalue weighted by Crippen LogP contribution is 2.12. The minimum Gasteiger partial charge on any atom is -0.467 e. The van der Waals surface area contributed by atoms with E-state index in [1.807, 2.05) is 19.9 Å². The highest BCUT2D eigenvalue weighted by molar-refractivity contribution is 5.87. The molecule has 1 aromatic carbocycles. The molecule has 0 saturated carbocycles. The van der Waals surface area contributed by atoms with Crippen molar-refractivity contribution in [1.29, 1.82) is 0 Å². The first-order valence-corrected chi connectivity index (χ1v) is 8.11.